The average Bonchev–Trinajstić information content (AvgIpc) is 2.72. The number of benzene rings is 2. The van der Waals surface area contributed by atoms with Gasteiger partial charge in [0.25, 0.3) is 0 Å². The molecule has 1 fully saturated rings. The van der Waals surface area contributed by atoms with E-state index in [0.29, 0.717) is 42.5 Å². The summed E-state index contributed by atoms with van der Waals surface area (Å²) in [6.45, 7) is 5.27. The Morgan fingerprint density at radius 2 is 1.83 bits per heavy atom. The number of hydrogen-bond acceptors (Lipinski definition) is 4. The molecule has 0 aliphatic carbocycles. The predicted octanol–water partition coefficient (Wildman–Crippen LogP) is 3.74. The molecule has 1 aliphatic heterocycles. The van der Waals surface area contributed by atoms with Crippen LogP contribution in [0.3, 0.4) is 0 Å². The van der Waals surface area contributed by atoms with Gasteiger partial charge >= 0.3 is 0 Å². The van der Waals surface area contributed by atoms with Crippen LogP contribution in [0.2, 0.25) is 5.02 Å². The molecule has 0 aromatic heterocycles. The number of halogens is 1. The van der Waals surface area contributed by atoms with Gasteiger partial charge in [0, 0.05) is 43.3 Å². The Hall–Kier alpha value is -2.09. The van der Waals surface area contributed by atoms with Gasteiger partial charge in [0.1, 0.15) is 5.75 Å². The first-order valence-electron chi connectivity index (χ1n) is 9.56. The van der Waals surface area contributed by atoms with Crippen molar-refractivity contribution < 1.29 is 18.3 Å². The van der Waals surface area contributed by atoms with Crippen molar-refractivity contribution in [3.05, 3.63) is 53.1 Å². The van der Waals surface area contributed by atoms with E-state index in [1.807, 2.05) is 36.1 Å². The second-order valence-corrected chi connectivity index (χ2v) is 8.38. The van der Waals surface area contributed by atoms with Gasteiger partial charge in [-0.15, -0.1) is 0 Å². The molecule has 156 valence electrons. The van der Waals surface area contributed by atoms with Crippen LogP contribution >= 0.6 is 11.6 Å². The lowest BCUT2D eigenvalue weighted by molar-refractivity contribution is -0.131. The van der Waals surface area contributed by atoms with Crippen LogP contribution in [0.5, 0.6) is 5.75 Å². The number of aryl methyl sites for hydroxylation is 1. The highest BCUT2D eigenvalue weighted by atomic mass is 35.5. The first-order chi connectivity index (χ1) is 13.9. The number of nitrogens with zero attached hydrogens (tertiary/aromatic N) is 2. The Labute approximate surface area is 178 Å². The van der Waals surface area contributed by atoms with Crippen LogP contribution in [0.4, 0.5) is 5.69 Å². The lowest BCUT2D eigenvalue weighted by atomic mass is 10.2. The van der Waals surface area contributed by atoms with Crippen LogP contribution in [-0.2, 0) is 15.9 Å². The van der Waals surface area contributed by atoms with Gasteiger partial charge in [0.15, 0.2) is 11.1 Å². The van der Waals surface area contributed by atoms with Gasteiger partial charge in [0.2, 0.25) is 5.91 Å². The molecule has 1 N–H and O–H groups in total. The summed E-state index contributed by atoms with van der Waals surface area (Å²) in [4.78, 5) is 16.9. The number of piperazine rings is 1. The van der Waals surface area contributed by atoms with Crippen LogP contribution in [0.1, 0.15) is 18.4 Å². The third-order valence-corrected chi connectivity index (χ3v) is 5.88. The average molecular weight is 437 g/mol. The molecule has 1 aliphatic rings. The van der Waals surface area contributed by atoms with Crippen molar-refractivity contribution >= 4 is 34.3 Å². The maximum absolute atomic E-state index is 12.5. The van der Waals surface area contributed by atoms with Crippen LogP contribution in [0, 0.1) is 6.92 Å². The molecule has 8 heteroatoms. The topological polar surface area (TPSA) is 70.1 Å². The molecule has 6 nitrogen and oxygen atoms in total. The summed E-state index contributed by atoms with van der Waals surface area (Å²) in [5.74, 6) is 0.943. The van der Waals surface area contributed by atoms with Crippen molar-refractivity contribution in [3.8, 4) is 5.75 Å². The van der Waals surface area contributed by atoms with Crippen LogP contribution in [0.25, 0.3) is 0 Å². The summed E-state index contributed by atoms with van der Waals surface area (Å²) in [6, 6.07) is 12.5. The highest BCUT2D eigenvalue weighted by Crippen LogP contribution is 2.22. The Morgan fingerprint density at radius 1 is 1.14 bits per heavy atom. The molecule has 1 atom stereocenters. The van der Waals surface area contributed by atoms with Crippen molar-refractivity contribution in [3.63, 3.8) is 0 Å². The van der Waals surface area contributed by atoms with Gasteiger partial charge in [0.05, 0.1) is 11.5 Å². The quantitative estimate of drug-likeness (QED) is 0.529. The van der Waals surface area contributed by atoms with E-state index < -0.39 is 11.1 Å². The molecular formula is C21H25ClN2O4S. The molecule has 29 heavy (non-hydrogen) atoms. The minimum Gasteiger partial charge on any atom is -0.493 e. The van der Waals surface area contributed by atoms with E-state index in [0.717, 1.165) is 30.1 Å². The normalized spacial score (nSPS) is 15.3. The number of rotatable bonds is 7. The van der Waals surface area contributed by atoms with E-state index in [1.165, 1.54) is 0 Å². The van der Waals surface area contributed by atoms with E-state index >= 15 is 0 Å². The Balaban J connectivity index is 1.40. The largest absolute Gasteiger partial charge is 0.493 e. The van der Waals surface area contributed by atoms with Gasteiger partial charge in [-0.3, -0.25) is 4.79 Å². The van der Waals surface area contributed by atoms with E-state index in [-0.39, 0.29) is 5.91 Å². The van der Waals surface area contributed by atoms with E-state index in [9.17, 15) is 9.00 Å². The molecule has 2 aromatic carbocycles. The predicted molar refractivity (Wildman–Crippen MR) is 115 cm³/mol. The summed E-state index contributed by atoms with van der Waals surface area (Å²) < 4.78 is 25.9. The second-order valence-electron chi connectivity index (χ2n) is 6.97. The Kier molecular flexibility index (Phi) is 7.52. The van der Waals surface area contributed by atoms with Crippen LogP contribution in [0.15, 0.2) is 47.4 Å². The molecule has 0 spiro atoms. The maximum atomic E-state index is 12.5. The monoisotopic (exact) mass is 436 g/mol. The fraction of sp³-hybridized carbons (Fsp3) is 0.381. The highest BCUT2D eigenvalue weighted by molar-refractivity contribution is 7.79. The number of amides is 1. The van der Waals surface area contributed by atoms with Crippen LogP contribution in [-0.4, -0.2) is 52.4 Å². The smallest absolute Gasteiger partial charge is 0.222 e. The lowest BCUT2D eigenvalue weighted by Gasteiger charge is -2.36. The van der Waals surface area contributed by atoms with E-state index in [4.69, 9.17) is 20.9 Å². The first kappa shape index (κ1) is 21.6. The lowest BCUT2D eigenvalue weighted by Crippen LogP contribution is -2.48. The van der Waals surface area contributed by atoms with E-state index in [1.54, 1.807) is 18.2 Å². The van der Waals surface area contributed by atoms with Gasteiger partial charge in [-0.2, -0.15) is 0 Å². The van der Waals surface area contributed by atoms with Gasteiger partial charge in [-0.1, -0.05) is 11.6 Å². The number of hydrogen-bond donors (Lipinski definition) is 1. The molecule has 1 heterocycles. The number of carbonyl (C=O) groups is 1. The zero-order chi connectivity index (χ0) is 20.8. The molecule has 2 aromatic rings. The number of anilines is 1. The van der Waals surface area contributed by atoms with Crippen molar-refractivity contribution in [1.29, 1.82) is 0 Å². The van der Waals surface area contributed by atoms with Crippen molar-refractivity contribution in [2.24, 2.45) is 0 Å². The molecule has 1 unspecified atom stereocenters. The molecule has 1 amide bonds. The third-order valence-electron chi connectivity index (χ3n) is 4.97. The number of carbonyl (C=O) groups excluding carboxylic acids is 1. The fourth-order valence-electron chi connectivity index (χ4n) is 3.33. The molecule has 3 rings (SSSR count). The standard InChI is InChI=1S/C21H25ClN2O4S/c1-16-15-17(22)4-9-20(16)28-14-2-3-21(25)24-12-10-23(11-13-24)18-5-7-19(8-6-18)29(26)27/h4-9,15H,2-3,10-14H2,1H3,(H,26,27). The second kappa shape index (κ2) is 10.1. The molecule has 0 radical (unpaired) electrons. The third kappa shape index (κ3) is 5.95. The summed E-state index contributed by atoms with van der Waals surface area (Å²) in [5, 5.41) is 0.684. The SMILES string of the molecule is Cc1cc(Cl)ccc1OCCCC(=O)N1CCN(c2ccc(S(=O)O)cc2)CC1. The Bertz CT molecular complexity index is 867. The van der Waals surface area contributed by atoms with Crippen molar-refractivity contribution in [2.45, 2.75) is 24.7 Å². The Morgan fingerprint density at radius 3 is 2.45 bits per heavy atom. The van der Waals surface area contributed by atoms with E-state index in [2.05, 4.69) is 4.90 Å². The summed E-state index contributed by atoms with van der Waals surface area (Å²) in [6.07, 6.45) is 1.13. The summed E-state index contributed by atoms with van der Waals surface area (Å²) >= 11 is 3.98. The molecule has 1 saturated heterocycles. The summed E-state index contributed by atoms with van der Waals surface area (Å²) in [7, 11) is 0. The van der Waals surface area contributed by atoms with Gasteiger partial charge in [-0.25, -0.2) is 4.21 Å². The van der Waals surface area contributed by atoms with Crippen molar-refractivity contribution in [1.82, 2.24) is 4.90 Å². The van der Waals surface area contributed by atoms with Gasteiger partial charge in [-0.05, 0) is 61.4 Å². The maximum Gasteiger partial charge on any atom is 0.222 e. The molecule has 0 saturated carbocycles. The fourth-order valence-corrected chi connectivity index (χ4v) is 3.92. The van der Waals surface area contributed by atoms with Crippen molar-refractivity contribution in [2.75, 3.05) is 37.7 Å². The zero-order valence-electron chi connectivity index (χ0n) is 16.3. The molecular weight excluding hydrogens is 412 g/mol. The minimum atomic E-state index is -1.96. The molecule has 0 bridgehead atoms. The number of ether oxygens (including phenoxy) is 1. The van der Waals surface area contributed by atoms with Crippen LogP contribution < -0.4 is 9.64 Å². The zero-order valence-corrected chi connectivity index (χ0v) is 17.9. The highest BCUT2D eigenvalue weighted by Gasteiger charge is 2.21. The minimum absolute atomic E-state index is 0.145. The first-order valence-corrected chi connectivity index (χ1v) is 11.0. The van der Waals surface area contributed by atoms with Gasteiger partial charge < -0.3 is 19.1 Å². The summed E-state index contributed by atoms with van der Waals surface area (Å²) in [5.41, 5.74) is 1.98.